The van der Waals surface area contributed by atoms with E-state index in [-0.39, 0.29) is 17.7 Å². The van der Waals surface area contributed by atoms with Gasteiger partial charge in [0.2, 0.25) is 0 Å². The van der Waals surface area contributed by atoms with E-state index in [0.29, 0.717) is 28.1 Å². The molecule has 2 saturated heterocycles. The molecule has 2 unspecified atom stereocenters. The van der Waals surface area contributed by atoms with Crippen molar-refractivity contribution in [2.45, 2.75) is 54.5 Å². The van der Waals surface area contributed by atoms with E-state index in [4.69, 9.17) is 0 Å². The number of hydrogen-bond donors (Lipinski definition) is 2. The number of benzene rings is 2. The Morgan fingerprint density at radius 1 is 1.00 bits per heavy atom. The first-order valence-electron chi connectivity index (χ1n) is 9.43. The van der Waals surface area contributed by atoms with Crippen molar-refractivity contribution in [1.82, 2.24) is 10.6 Å². The summed E-state index contributed by atoms with van der Waals surface area (Å²) < 4.78 is 25.1. The van der Waals surface area contributed by atoms with Crippen molar-refractivity contribution in [3.63, 3.8) is 0 Å². The number of fused-ring (bicyclic) bond motifs is 2. The predicted molar refractivity (Wildman–Crippen MR) is 104 cm³/mol. The summed E-state index contributed by atoms with van der Waals surface area (Å²) in [6, 6.07) is 16.5. The molecule has 2 bridgehead atoms. The minimum absolute atomic E-state index is 0.115. The molecular formula is C21H24N2O3S. The van der Waals surface area contributed by atoms with Gasteiger partial charge in [0.1, 0.15) is 0 Å². The van der Waals surface area contributed by atoms with Crippen LogP contribution in [0.25, 0.3) is 0 Å². The molecule has 2 fully saturated rings. The van der Waals surface area contributed by atoms with Crippen LogP contribution >= 0.6 is 0 Å². The van der Waals surface area contributed by atoms with Gasteiger partial charge in [0.15, 0.2) is 9.84 Å². The minimum Gasteiger partial charge on any atom is -0.349 e. The first-order chi connectivity index (χ1) is 13.0. The molecule has 0 aliphatic carbocycles. The molecule has 0 radical (unpaired) electrons. The maximum Gasteiger partial charge on any atom is 0.251 e. The van der Waals surface area contributed by atoms with E-state index in [9.17, 15) is 13.2 Å². The highest BCUT2D eigenvalue weighted by Crippen LogP contribution is 2.27. The molecule has 2 aliphatic rings. The summed E-state index contributed by atoms with van der Waals surface area (Å²) in [7, 11) is -3.43. The van der Waals surface area contributed by atoms with Crippen molar-refractivity contribution in [2.24, 2.45) is 0 Å². The van der Waals surface area contributed by atoms with Gasteiger partial charge in [-0.25, -0.2) is 8.42 Å². The molecular weight excluding hydrogens is 360 g/mol. The van der Waals surface area contributed by atoms with Gasteiger partial charge in [-0.1, -0.05) is 30.3 Å². The Kier molecular flexibility index (Phi) is 5.02. The fourth-order valence-corrected chi connectivity index (χ4v) is 5.53. The second kappa shape index (κ2) is 7.44. The molecule has 2 heterocycles. The third kappa shape index (κ3) is 4.22. The van der Waals surface area contributed by atoms with Crippen LogP contribution in [0.4, 0.5) is 0 Å². The number of amides is 1. The predicted octanol–water partition coefficient (Wildman–Crippen LogP) is 2.67. The van der Waals surface area contributed by atoms with Crippen LogP contribution in [0.2, 0.25) is 0 Å². The molecule has 0 aromatic heterocycles. The SMILES string of the molecule is O=C(NC1CC2CCC(C1)N2)c1cccc(CS(=O)(=O)c2ccccc2)c1. The molecule has 27 heavy (non-hydrogen) atoms. The Hall–Kier alpha value is -2.18. The molecule has 2 aromatic rings. The second-order valence-electron chi connectivity index (χ2n) is 7.55. The average molecular weight is 385 g/mol. The van der Waals surface area contributed by atoms with E-state index in [1.54, 1.807) is 54.6 Å². The zero-order valence-electron chi connectivity index (χ0n) is 15.1. The third-order valence-electron chi connectivity index (χ3n) is 5.46. The number of carbonyl (C=O) groups is 1. The number of nitrogens with one attached hydrogen (secondary N) is 2. The third-order valence-corrected chi connectivity index (χ3v) is 7.16. The standard InChI is InChI=1S/C21H24N2O3S/c24-21(23-19-12-17-9-10-18(13-19)22-17)16-6-4-5-15(11-16)14-27(25,26)20-7-2-1-3-8-20/h1-8,11,17-19,22H,9-10,12-14H2,(H,23,24). The van der Waals surface area contributed by atoms with E-state index >= 15 is 0 Å². The molecule has 0 spiro atoms. The van der Waals surface area contributed by atoms with Crippen molar-refractivity contribution in [2.75, 3.05) is 0 Å². The van der Waals surface area contributed by atoms with Crippen LogP contribution in [-0.2, 0) is 15.6 Å². The highest BCUT2D eigenvalue weighted by Gasteiger charge is 2.34. The van der Waals surface area contributed by atoms with Gasteiger partial charge in [-0.3, -0.25) is 4.79 Å². The van der Waals surface area contributed by atoms with Crippen LogP contribution in [0, 0.1) is 0 Å². The average Bonchev–Trinajstić information content (AvgIpc) is 3.00. The monoisotopic (exact) mass is 384 g/mol. The van der Waals surface area contributed by atoms with Gasteiger partial charge in [-0.15, -0.1) is 0 Å². The van der Waals surface area contributed by atoms with E-state index in [0.717, 1.165) is 12.8 Å². The molecule has 6 heteroatoms. The van der Waals surface area contributed by atoms with Crippen LogP contribution in [0.5, 0.6) is 0 Å². The lowest BCUT2D eigenvalue weighted by molar-refractivity contribution is 0.0924. The normalized spacial score (nSPS) is 24.5. The van der Waals surface area contributed by atoms with E-state index in [1.807, 2.05) is 0 Å². The van der Waals surface area contributed by atoms with Crippen molar-refractivity contribution in [3.05, 3.63) is 65.7 Å². The molecule has 142 valence electrons. The molecule has 1 amide bonds. The van der Waals surface area contributed by atoms with Gasteiger partial charge in [0.05, 0.1) is 10.6 Å². The Morgan fingerprint density at radius 3 is 2.41 bits per heavy atom. The van der Waals surface area contributed by atoms with Crippen molar-refractivity contribution in [1.29, 1.82) is 0 Å². The summed E-state index contributed by atoms with van der Waals surface area (Å²) >= 11 is 0. The molecule has 5 nitrogen and oxygen atoms in total. The summed E-state index contributed by atoms with van der Waals surface area (Å²) in [5.41, 5.74) is 1.14. The van der Waals surface area contributed by atoms with Crippen molar-refractivity contribution >= 4 is 15.7 Å². The molecule has 2 aromatic carbocycles. The van der Waals surface area contributed by atoms with Crippen LogP contribution < -0.4 is 10.6 Å². The Labute approximate surface area is 160 Å². The largest absolute Gasteiger partial charge is 0.349 e. The zero-order valence-corrected chi connectivity index (χ0v) is 15.9. The quantitative estimate of drug-likeness (QED) is 0.831. The maximum atomic E-state index is 12.7. The highest BCUT2D eigenvalue weighted by atomic mass is 32.2. The summed E-state index contributed by atoms with van der Waals surface area (Å²) in [6.07, 6.45) is 4.29. The lowest BCUT2D eigenvalue weighted by Gasteiger charge is -2.29. The first-order valence-corrected chi connectivity index (χ1v) is 11.1. The van der Waals surface area contributed by atoms with Crippen LogP contribution in [0.1, 0.15) is 41.6 Å². The van der Waals surface area contributed by atoms with E-state index < -0.39 is 9.84 Å². The summed E-state index contributed by atoms with van der Waals surface area (Å²) in [5.74, 6) is -0.240. The number of hydrogen-bond acceptors (Lipinski definition) is 4. The minimum atomic E-state index is -3.43. The Bertz CT molecular complexity index is 915. The van der Waals surface area contributed by atoms with Crippen molar-refractivity contribution < 1.29 is 13.2 Å². The van der Waals surface area contributed by atoms with Crippen molar-refractivity contribution in [3.8, 4) is 0 Å². The molecule has 2 atom stereocenters. The van der Waals surface area contributed by atoms with Gasteiger partial charge < -0.3 is 10.6 Å². The topological polar surface area (TPSA) is 75.3 Å². The van der Waals surface area contributed by atoms with Gasteiger partial charge in [-0.05, 0) is 55.5 Å². The maximum absolute atomic E-state index is 12.7. The summed E-state index contributed by atoms with van der Waals surface area (Å²) in [6.45, 7) is 0. The Morgan fingerprint density at radius 2 is 1.70 bits per heavy atom. The molecule has 2 N–H and O–H groups in total. The number of sulfone groups is 1. The van der Waals surface area contributed by atoms with Gasteiger partial charge in [0.25, 0.3) is 5.91 Å². The lowest BCUT2D eigenvalue weighted by Crippen LogP contribution is -2.48. The van der Waals surface area contributed by atoms with E-state index in [2.05, 4.69) is 10.6 Å². The zero-order chi connectivity index (χ0) is 18.9. The molecule has 0 saturated carbocycles. The van der Waals surface area contributed by atoms with Crippen LogP contribution in [-0.4, -0.2) is 32.5 Å². The second-order valence-corrected chi connectivity index (χ2v) is 9.54. The number of rotatable bonds is 5. The van der Waals surface area contributed by atoms with Gasteiger partial charge in [0, 0.05) is 23.7 Å². The van der Waals surface area contributed by atoms with E-state index in [1.165, 1.54) is 12.8 Å². The highest BCUT2D eigenvalue weighted by molar-refractivity contribution is 7.90. The fraction of sp³-hybridized carbons (Fsp3) is 0.381. The summed E-state index contributed by atoms with van der Waals surface area (Å²) in [5, 5.41) is 6.70. The first kappa shape index (κ1) is 18.2. The number of piperidine rings is 1. The summed E-state index contributed by atoms with van der Waals surface area (Å²) in [4.78, 5) is 12.9. The number of carbonyl (C=O) groups excluding carboxylic acids is 1. The van der Waals surface area contributed by atoms with Crippen LogP contribution in [0.3, 0.4) is 0 Å². The smallest absolute Gasteiger partial charge is 0.251 e. The lowest BCUT2D eigenvalue weighted by atomic mass is 9.99. The molecule has 4 rings (SSSR count). The van der Waals surface area contributed by atoms with Gasteiger partial charge in [-0.2, -0.15) is 0 Å². The molecule has 2 aliphatic heterocycles. The van der Waals surface area contributed by atoms with Gasteiger partial charge >= 0.3 is 0 Å². The van der Waals surface area contributed by atoms with Crippen LogP contribution in [0.15, 0.2) is 59.5 Å². The fourth-order valence-electron chi connectivity index (χ4n) is 4.18. The Balaban J connectivity index is 1.45.